The summed E-state index contributed by atoms with van der Waals surface area (Å²) >= 11 is 1.64. The third kappa shape index (κ3) is 5.37. The van der Waals surface area contributed by atoms with Crippen LogP contribution in [0, 0.1) is 0 Å². The molecule has 0 aliphatic rings. The van der Waals surface area contributed by atoms with E-state index in [0.717, 1.165) is 5.04 Å². The molecule has 0 radical (unpaired) electrons. The van der Waals surface area contributed by atoms with Crippen LogP contribution in [0.1, 0.15) is 6.92 Å². The first-order valence-electron chi connectivity index (χ1n) is 2.67. The monoisotopic (exact) mass is 141 g/mol. The first-order valence-corrected chi connectivity index (χ1v) is 3.89. The largest absolute Gasteiger partial charge is 0.255 e. The molecule has 0 N–H and O–H groups in total. The molecule has 0 amide bonds. The molecule has 0 rings (SSSR count). The van der Waals surface area contributed by atoms with E-state index in [1.807, 2.05) is 13.2 Å². The van der Waals surface area contributed by atoms with Crippen molar-refractivity contribution in [1.82, 2.24) is 0 Å². The van der Waals surface area contributed by atoms with E-state index in [0.29, 0.717) is 0 Å². The van der Waals surface area contributed by atoms with Crippen LogP contribution < -0.4 is 0 Å². The van der Waals surface area contributed by atoms with E-state index < -0.39 is 0 Å². The number of hydrogen-bond donors (Lipinski definition) is 0. The van der Waals surface area contributed by atoms with Gasteiger partial charge >= 0.3 is 0 Å². The van der Waals surface area contributed by atoms with Gasteiger partial charge in [-0.3, -0.25) is 4.99 Å². The molecule has 1 nitrogen and oxygen atoms in total. The van der Waals surface area contributed by atoms with Crippen LogP contribution in [-0.4, -0.2) is 11.3 Å². The van der Waals surface area contributed by atoms with E-state index >= 15 is 0 Å². The third-order valence-corrected chi connectivity index (χ3v) is 1.47. The minimum atomic E-state index is 1.06. The van der Waals surface area contributed by atoms with E-state index in [1.165, 1.54) is 0 Å². The lowest BCUT2D eigenvalue weighted by atomic mass is 10.6. The van der Waals surface area contributed by atoms with Crippen molar-refractivity contribution in [3.05, 3.63) is 24.9 Å². The first-order chi connectivity index (χ1) is 4.31. The van der Waals surface area contributed by atoms with Gasteiger partial charge in [-0.15, -0.1) is 11.8 Å². The zero-order valence-corrected chi connectivity index (χ0v) is 6.61. The molecule has 0 spiro atoms. The van der Waals surface area contributed by atoms with E-state index in [-0.39, 0.29) is 0 Å². The van der Waals surface area contributed by atoms with Crippen LogP contribution in [0.5, 0.6) is 0 Å². The molecule has 0 aliphatic carbocycles. The Hall–Kier alpha value is -0.500. The van der Waals surface area contributed by atoms with Crippen molar-refractivity contribution in [3.63, 3.8) is 0 Å². The molecule has 0 aromatic carbocycles. The number of nitrogens with zero attached hydrogens (tertiary/aromatic N) is 1. The van der Waals surface area contributed by atoms with Crippen LogP contribution >= 0.6 is 11.8 Å². The molecule has 2 heteroatoms. The van der Waals surface area contributed by atoms with E-state index in [4.69, 9.17) is 0 Å². The molecule has 50 valence electrons. The van der Waals surface area contributed by atoms with Crippen molar-refractivity contribution in [1.29, 1.82) is 0 Å². The quantitative estimate of drug-likeness (QED) is 0.327. The highest BCUT2D eigenvalue weighted by molar-refractivity contribution is 8.13. The summed E-state index contributed by atoms with van der Waals surface area (Å²) in [4.78, 5) is 4.06. The molecule has 0 fully saturated rings. The number of allylic oxidation sites excluding steroid dienone is 2. The molecule has 0 atom stereocenters. The summed E-state index contributed by atoms with van der Waals surface area (Å²) in [5.74, 6) is 0. The predicted molar refractivity (Wildman–Crippen MR) is 46.0 cm³/mol. The Morgan fingerprint density at radius 3 is 2.78 bits per heavy atom. The number of thioether (sulfide) groups is 1. The SMILES string of the molecule is C=C/C=C\N=C(/C)SC. The van der Waals surface area contributed by atoms with Gasteiger partial charge < -0.3 is 0 Å². The summed E-state index contributed by atoms with van der Waals surface area (Å²) in [6.07, 6.45) is 7.25. The van der Waals surface area contributed by atoms with Gasteiger partial charge in [0.2, 0.25) is 0 Å². The lowest BCUT2D eigenvalue weighted by Crippen LogP contribution is -1.76. The van der Waals surface area contributed by atoms with Crippen molar-refractivity contribution < 1.29 is 0 Å². The molecular formula is C7H11NS. The predicted octanol–water partition coefficient (Wildman–Crippen LogP) is 2.47. The number of aliphatic imine (C=N–C) groups is 1. The van der Waals surface area contributed by atoms with Crippen LogP contribution in [0.3, 0.4) is 0 Å². The summed E-state index contributed by atoms with van der Waals surface area (Å²) in [6.45, 7) is 5.49. The van der Waals surface area contributed by atoms with Gasteiger partial charge in [-0.2, -0.15) is 0 Å². The van der Waals surface area contributed by atoms with Crippen molar-refractivity contribution in [3.8, 4) is 0 Å². The average Bonchev–Trinajstić information content (AvgIpc) is 1.89. The zero-order chi connectivity index (χ0) is 7.11. The fourth-order valence-electron chi connectivity index (χ4n) is 0.262. The highest BCUT2D eigenvalue weighted by Crippen LogP contribution is 1.96. The van der Waals surface area contributed by atoms with Crippen LogP contribution in [0.15, 0.2) is 29.9 Å². The van der Waals surface area contributed by atoms with Gasteiger partial charge in [0.05, 0.1) is 5.04 Å². The minimum absolute atomic E-state index is 1.06. The Morgan fingerprint density at radius 2 is 2.33 bits per heavy atom. The standard InChI is InChI=1S/C7H11NS/c1-4-5-6-8-7(2)9-3/h4-6H,1H2,2-3H3/b6-5-,8-7+. The van der Waals surface area contributed by atoms with Gasteiger partial charge in [-0.25, -0.2) is 0 Å². The second-order valence-electron chi connectivity index (χ2n) is 1.43. The first kappa shape index (κ1) is 8.50. The molecule has 0 saturated carbocycles. The Balaban J connectivity index is 3.67. The summed E-state index contributed by atoms with van der Waals surface area (Å²) in [5, 5.41) is 1.06. The molecule has 0 aromatic rings. The Morgan fingerprint density at radius 1 is 1.67 bits per heavy atom. The zero-order valence-electron chi connectivity index (χ0n) is 5.79. The normalized spacial score (nSPS) is 12.4. The number of rotatable bonds is 2. The van der Waals surface area contributed by atoms with Crippen molar-refractivity contribution in [2.45, 2.75) is 6.92 Å². The average molecular weight is 141 g/mol. The van der Waals surface area contributed by atoms with Gasteiger partial charge in [0, 0.05) is 6.20 Å². The third-order valence-electron chi connectivity index (χ3n) is 0.774. The van der Waals surface area contributed by atoms with Crippen LogP contribution in [-0.2, 0) is 0 Å². The molecule has 0 heterocycles. The van der Waals surface area contributed by atoms with Gasteiger partial charge in [0.1, 0.15) is 0 Å². The maximum absolute atomic E-state index is 4.06. The molecule has 0 aromatic heterocycles. The topological polar surface area (TPSA) is 12.4 Å². The maximum atomic E-state index is 4.06. The highest BCUT2D eigenvalue weighted by atomic mass is 32.2. The molecule has 0 bridgehead atoms. The summed E-state index contributed by atoms with van der Waals surface area (Å²) < 4.78 is 0. The van der Waals surface area contributed by atoms with Crippen molar-refractivity contribution in [2.24, 2.45) is 4.99 Å². The van der Waals surface area contributed by atoms with Crippen molar-refractivity contribution in [2.75, 3.05) is 6.26 Å². The molecule has 0 aliphatic heterocycles. The van der Waals surface area contributed by atoms with Gasteiger partial charge in [0.15, 0.2) is 0 Å². The fraction of sp³-hybridized carbons (Fsp3) is 0.286. The fourth-order valence-corrected chi connectivity index (χ4v) is 0.428. The molecule has 9 heavy (non-hydrogen) atoms. The lowest BCUT2D eigenvalue weighted by Gasteiger charge is -1.86. The lowest BCUT2D eigenvalue weighted by molar-refractivity contribution is 1.57. The summed E-state index contributed by atoms with van der Waals surface area (Å²) in [7, 11) is 0. The van der Waals surface area contributed by atoms with E-state index in [1.54, 1.807) is 30.1 Å². The van der Waals surface area contributed by atoms with E-state index in [9.17, 15) is 0 Å². The molecule has 0 saturated heterocycles. The molecule has 0 unspecified atom stereocenters. The maximum Gasteiger partial charge on any atom is 0.0697 e. The van der Waals surface area contributed by atoms with Crippen molar-refractivity contribution >= 4 is 16.8 Å². The second-order valence-corrected chi connectivity index (χ2v) is 2.43. The Labute approximate surface area is 60.6 Å². The van der Waals surface area contributed by atoms with Crippen LogP contribution in [0.25, 0.3) is 0 Å². The van der Waals surface area contributed by atoms with Gasteiger partial charge in [-0.05, 0) is 19.3 Å². The number of hydrogen-bond acceptors (Lipinski definition) is 2. The highest BCUT2D eigenvalue weighted by Gasteiger charge is 1.78. The summed E-state index contributed by atoms with van der Waals surface area (Å²) in [6, 6.07) is 0. The Kier molecular flexibility index (Phi) is 5.32. The second kappa shape index (κ2) is 5.63. The van der Waals surface area contributed by atoms with Gasteiger partial charge in [0.25, 0.3) is 0 Å². The smallest absolute Gasteiger partial charge is 0.0697 e. The van der Waals surface area contributed by atoms with E-state index in [2.05, 4.69) is 11.6 Å². The van der Waals surface area contributed by atoms with Gasteiger partial charge in [-0.1, -0.05) is 12.7 Å². The van der Waals surface area contributed by atoms with Crippen LogP contribution in [0.2, 0.25) is 0 Å². The van der Waals surface area contributed by atoms with Crippen LogP contribution in [0.4, 0.5) is 0 Å². The summed E-state index contributed by atoms with van der Waals surface area (Å²) in [5.41, 5.74) is 0. The minimum Gasteiger partial charge on any atom is -0.255 e. The molecular weight excluding hydrogens is 130 g/mol. The Bertz CT molecular complexity index is 136.